The van der Waals surface area contributed by atoms with E-state index in [1.165, 1.54) is 0 Å². The van der Waals surface area contributed by atoms with E-state index >= 15 is 0 Å². The van der Waals surface area contributed by atoms with E-state index in [1.807, 2.05) is 6.92 Å². The van der Waals surface area contributed by atoms with Crippen molar-refractivity contribution in [1.29, 1.82) is 0 Å². The smallest absolute Gasteiger partial charge is 0.255 e. The van der Waals surface area contributed by atoms with Crippen molar-refractivity contribution in [2.45, 2.75) is 13.5 Å². The minimum absolute atomic E-state index is 0.276. The van der Waals surface area contributed by atoms with Crippen LogP contribution in [0.3, 0.4) is 0 Å². The Balaban J connectivity index is 2.25. The third-order valence-electron chi connectivity index (χ3n) is 2.78. The van der Waals surface area contributed by atoms with Crippen LogP contribution in [-0.2, 0) is 6.54 Å². The number of carbonyl (C=O) groups excluding carboxylic acids is 1. The highest BCUT2D eigenvalue weighted by molar-refractivity contribution is 6.36. The standard InChI is InChI=1S/C14H13Cl2N3O/c1-8-4-12(16)13(6-11(8)15)19-14(20)9-2-3-18-10(5-9)7-17/h2-6H,7,17H2,1H3,(H,19,20). The molecule has 0 aliphatic heterocycles. The lowest BCUT2D eigenvalue weighted by molar-refractivity contribution is 0.102. The van der Waals surface area contributed by atoms with Gasteiger partial charge in [0.1, 0.15) is 0 Å². The number of aromatic nitrogens is 1. The summed E-state index contributed by atoms with van der Waals surface area (Å²) in [5.74, 6) is -0.288. The van der Waals surface area contributed by atoms with Gasteiger partial charge in [-0.25, -0.2) is 0 Å². The van der Waals surface area contributed by atoms with Crippen LogP contribution < -0.4 is 11.1 Å². The summed E-state index contributed by atoms with van der Waals surface area (Å²) < 4.78 is 0. The monoisotopic (exact) mass is 309 g/mol. The minimum Gasteiger partial charge on any atom is -0.325 e. The second-order valence-electron chi connectivity index (χ2n) is 4.28. The number of halogens is 2. The number of hydrogen-bond acceptors (Lipinski definition) is 3. The number of carbonyl (C=O) groups is 1. The number of nitrogens with two attached hydrogens (primary N) is 1. The van der Waals surface area contributed by atoms with Crippen LogP contribution in [0, 0.1) is 6.92 Å². The normalized spacial score (nSPS) is 10.4. The van der Waals surface area contributed by atoms with Gasteiger partial charge in [0.15, 0.2) is 0 Å². The second kappa shape index (κ2) is 6.22. The highest BCUT2D eigenvalue weighted by Crippen LogP contribution is 2.29. The molecule has 2 aromatic rings. The van der Waals surface area contributed by atoms with E-state index in [0.717, 1.165) is 5.56 Å². The predicted octanol–water partition coefficient (Wildman–Crippen LogP) is 3.41. The van der Waals surface area contributed by atoms with Crippen LogP contribution >= 0.6 is 23.2 Å². The average molecular weight is 310 g/mol. The van der Waals surface area contributed by atoms with Crippen molar-refractivity contribution in [1.82, 2.24) is 4.98 Å². The Hall–Kier alpha value is -1.62. The van der Waals surface area contributed by atoms with Gasteiger partial charge in [-0.2, -0.15) is 0 Å². The molecule has 0 radical (unpaired) electrons. The second-order valence-corrected chi connectivity index (χ2v) is 5.09. The average Bonchev–Trinajstić information content (AvgIpc) is 2.44. The number of pyridine rings is 1. The van der Waals surface area contributed by atoms with E-state index in [0.29, 0.717) is 27.0 Å². The summed E-state index contributed by atoms with van der Waals surface area (Å²) in [5, 5.41) is 3.70. The minimum atomic E-state index is -0.288. The molecule has 6 heteroatoms. The van der Waals surface area contributed by atoms with E-state index in [-0.39, 0.29) is 12.5 Å². The van der Waals surface area contributed by atoms with Crippen LogP contribution in [0.2, 0.25) is 10.0 Å². The highest BCUT2D eigenvalue weighted by atomic mass is 35.5. The molecule has 0 aliphatic carbocycles. The van der Waals surface area contributed by atoms with E-state index in [4.69, 9.17) is 28.9 Å². The number of rotatable bonds is 3. The van der Waals surface area contributed by atoms with E-state index in [2.05, 4.69) is 10.3 Å². The fourth-order valence-corrected chi connectivity index (χ4v) is 2.10. The van der Waals surface area contributed by atoms with Crippen molar-refractivity contribution in [3.8, 4) is 0 Å². The number of aryl methyl sites for hydroxylation is 1. The number of nitrogens with zero attached hydrogens (tertiary/aromatic N) is 1. The van der Waals surface area contributed by atoms with Crippen molar-refractivity contribution in [2.75, 3.05) is 5.32 Å². The van der Waals surface area contributed by atoms with Gasteiger partial charge in [0.2, 0.25) is 0 Å². The summed E-state index contributed by atoms with van der Waals surface area (Å²) in [6, 6.07) is 6.58. The third kappa shape index (κ3) is 3.28. The van der Waals surface area contributed by atoms with Crippen molar-refractivity contribution < 1.29 is 4.79 Å². The molecule has 3 N–H and O–H groups in total. The number of benzene rings is 1. The molecule has 1 aromatic heterocycles. The predicted molar refractivity (Wildman–Crippen MR) is 81.3 cm³/mol. The molecule has 0 fully saturated rings. The van der Waals surface area contributed by atoms with E-state index < -0.39 is 0 Å². The first kappa shape index (κ1) is 14.8. The number of hydrogen-bond donors (Lipinski definition) is 2. The topological polar surface area (TPSA) is 68.0 Å². The summed E-state index contributed by atoms with van der Waals surface area (Å²) >= 11 is 12.1. The summed E-state index contributed by atoms with van der Waals surface area (Å²) in [4.78, 5) is 16.2. The fraction of sp³-hybridized carbons (Fsp3) is 0.143. The first-order valence-electron chi connectivity index (χ1n) is 5.93. The van der Waals surface area contributed by atoms with Gasteiger partial charge in [0, 0.05) is 23.3 Å². The van der Waals surface area contributed by atoms with Crippen molar-refractivity contribution >= 4 is 34.8 Å². The molecule has 0 saturated heterocycles. The fourth-order valence-electron chi connectivity index (χ4n) is 1.67. The van der Waals surface area contributed by atoms with Crippen LogP contribution in [0.5, 0.6) is 0 Å². The van der Waals surface area contributed by atoms with Crippen molar-refractivity contribution in [2.24, 2.45) is 5.73 Å². The van der Waals surface area contributed by atoms with Crippen LogP contribution in [0.15, 0.2) is 30.5 Å². The van der Waals surface area contributed by atoms with Gasteiger partial charge in [-0.1, -0.05) is 23.2 Å². The third-order valence-corrected chi connectivity index (χ3v) is 3.50. The molecule has 0 bridgehead atoms. The van der Waals surface area contributed by atoms with Crippen LogP contribution in [0.25, 0.3) is 0 Å². The quantitative estimate of drug-likeness (QED) is 0.913. The zero-order valence-corrected chi connectivity index (χ0v) is 12.3. The van der Waals surface area contributed by atoms with Gasteiger partial charge in [-0.15, -0.1) is 0 Å². The molecule has 104 valence electrons. The summed E-state index contributed by atoms with van der Waals surface area (Å²) in [6.45, 7) is 2.12. The summed E-state index contributed by atoms with van der Waals surface area (Å²) in [5.41, 5.74) is 7.93. The maximum Gasteiger partial charge on any atom is 0.255 e. The summed E-state index contributed by atoms with van der Waals surface area (Å²) in [7, 11) is 0. The summed E-state index contributed by atoms with van der Waals surface area (Å²) in [6.07, 6.45) is 1.54. The molecular weight excluding hydrogens is 297 g/mol. The number of anilines is 1. The first-order chi connectivity index (χ1) is 9.51. The van der Waals surface area contributed by atoms with Gasteiger partial charge in [-0.05, 0) is 36.8 Å². The molecular formula is C14H13Cl2N3O. The largest absolute Gasteiger partial charge is 0.325 e. The Bertz CT molecular complexity index is 659. The zero-order chi connectivity index (χ0) is 14.7. The molecule has 0 atom stereocenters. The SMILES string of the molecule is Cc1cc(Cl)c(NC(=O)c2ccnc(CN)c2)cc1Cl. The van der Waals surface area contributed by atoms with Gasteiger partial charge in [-0.3, -0.25) is 9.78 Å². The van der Waals surface area contributed by atoms with Crippen LogP contribution in [0.1, 0.15) is 21.6 Å². The molecule has 4 nitrogen and oxygen atoms in total. The van der Waals surface area contributed by atoms with Gasteiger partial charge in [0.25, 0.3) is 5.91 Å². The molecule has 1 heterocycles. The number of amides is 1. The van der Waals surface area contributed by atoms with E-state index in [1.54, 1.807) is 30.5 Å². The zero-order valence-electron chi connectivity index (χ0n) is 10.8. The molecule has 0 aliphatic rings. The first-order valence-corrected chi connectivity index (χ1v) is 6.69. The Morgan fingerprint density at radius 2 is 2.05 bits per heavy atom. The van der Waals surface area contributed by atoms with Crippen molar-refractivity contribution in [3.05, 3.63) is 57.3 Å². The lowest BCUT2D eigenvalue weighted by Gasteiger charge is -2.09. The van der Waals surface area contributed by atoms with Crippen LogP contribution in [0.4, 0.5) is 5.69 Å². The van der Waals surface area contributed by atoms with Crippen molar-refractivity contribution in [3.63, 3.8) is 0 Å². The Kier molecular flexibility index (Phi) is 4.60. The van der Waals surface area contributed by atoms with E-state index in [9.17, 15) is 4.79 Å². The Morgan fingerprint density at radius 1 is 1.30 bits per heavy atom. The molecule has 0 unspecified atom stereocenters. The van der Waals surface area contributed by atoms with Crippen LogP contribution in [-0.4, -0.2) is 10.9 Å². The molecule has 0 saturated carbocycles. The lowest BCUT2D eigenvalue weighted by atomic mass is 10.2. The maximum absolute atomic E-state index is 12.1. The van der Waals surface area contributed by atoms with Gasteiger partial charge < -0.3 is 11.1 Å². The Labute approximate surface area is 126 Å². The molecule has 20 heavy (non-hydrogen) atoms. The molecule has 0 spiro atoms. The highest BCUT2D eigenvalue weighted by Gasteiger charge is 2.11. The van der Waals surface area contributed by atoms with Gasteiger partial charge >= 0.3 is 0 Å². The molecule has 1 aromatic carbocycles. The maximum atomic E-state index is 12.1. The van der Waals surface area contributed by atoms with Gasteiger partial charge in [0.05, 0.1) is 16.4 Å². The number of nitrogens with one attached hydrogen (secondary N) is 1. The molecule has 1 amide bonds. The lowest BCUT2D eigenvalue weighted by Crippen LogP contribution is -2.13. The Morgan fingerprint density at radius 3 is 2.75 bits per heavy atom. The molecule has 2 rings (SSSR count).